The van der Waals surface area contributed by atoms with Gasteiger partial charge < -0.3 is 20.1 Å². The van der Waals surface area contributed by atoms with Crippen LogP contribution in [0.4, 0.5) is 0 Å². The van der Waals surface area contributed by atoms with Crippen LogP contribution in [0, 0.1) is 0 Å². The lowest BCUT2D eigenvalue weighted by atomic mass is 10.1. The van der Waals surface area contributed by atoms with Crippen LogP contribution in [0.15, 0.2) is 18.2 Å². The molecule has 1 unspecified atom stereocenters. The molecule has 23 heavy (non-hydrogen) atoms. The van der Waals surface area contributed by atoms with Gasteiger partial charge in [0, 0.05) is 17.5 Å². The van der Waals surface area contributed by atoms with E-state index in [0.717, 1.165) is 0 Å². The Morgan fingerprint density at radius 3 is 2.74 bits per heavy atom. The lowest BCUT2D eigenvalue weighted by molar-refractivity contribution is -0.165. The molecule has 0 aliphatic carbocycles. The molecule has 2 heterocycles. The number of cyclic esters (lactones) is 1. The normalized spacial score (nSPS) is 23.7. The zero-order valence-electron chi connectivity index (χ0n) is 13.0. The predicted octanol–water partition coefficient (Wildman–Crippen LogP) is 0.906. The van der Waals surface area contributed by atoms with E-state index in [4.69, 9.17) is 4.74 Å². The number of aromatic hydroxyl groups is 1. The van der Waals surface area contributed by atoms with E-state index in [1.807, 2.05) is 0 Å². The molecule has 2 N–H and O–H groups in total. The maximum atomic E-state index is 12.6. The number of hydrogen-bond acceptors (Lipinski definition) is 5. The van der Waals surface area contributed by atoms with E-state index in [2.05, 4.69) is 5.32 Å². The Morgan fingerprint density at radius 1 is 1.30 bits per heavy atom. The summed E-state index contributed by atoms with van der Waals surface area (Å²) in [7, 11) is 0. The smallest absolute Gasteiger partial charge is 0.307 e. The van der Waals surface area contributed by atoms with Gasteiger partial charge in [-0.25, -0.2) is 0 Å². The number of phenols is 1. The standard InChI is InChI=1S/C16H18N2O5/c1-16(2)17-14(21)11(6-7-13(20)23-16)18-8-10-9(15(18)22)4-3-5-12(10)19/h3-5,11,19H,6-8H2,1-2H3,(H,17,21). The molecule has 3 rings (SSSR count). The average Bonchev–Trinajstić information content (AvgIpc) is 2.76. The summed E-state index contributed by atoms with van der Waals surface area (Å²) in [6, 6.07) is 3.94. The van der Waals surface area contributed by atoms with Crippen molar-refractivity contribution in [2.24, 2.45) is 0 Å². The van der Waals surface area contributed by atoms with E-state index in [9.17, 15) is 19.5 Å². The number of fused-ring (bicyclic) bond motifs is 1. The number of carbonyl (C=O) groups is 3. The minimum atomic E-state index is -1.12. The van der Waals surface area contributed by atoms with Crippen LogP contribution < -0.4 is 5.32 Å². The fourth-order valence-electron chi connectivity index (χ4n) is 3.01. The maximum Gasteiger partial charge on any atom is 0.307 e. The van der Waals surface area contributed by atoms with Gasteiger partial charge in [-0.05, 0) is 32.4 Å². The van der Waals surface area contributed by atoms with Crippen molar-refractivity contribution in [2.75, 3.05) is 0 Å². The third-order valence-corrected chi connectivity index (χ3v) is 4.07. The minimum Gasteiger partial charge on any atom is -0.508 e. The molecule has 1 aromatic rings. The number of hydrogen-bond donors (Lipinski definition) is 2. The predicted molar refractivity (Wildman–Crippen MR) is 79.3 cm³/mol. The Labute approximate surface area is 133 Å². The van der Waals surface area contributed by atoms with Crippen LogP contribution in [0.2, 0.25) is 0 Å². The van der Waals surface area contributed by atoms with Gasteiger partial charge >= 0.3 is 5.97 Å². The van der Waals surface area contributed by atoms with E-state index < -0.39 is 17.7 Å². The van der Waals surface area contributed by atoms with Crippen LogP contribution in [0.25, 0.3) is 0 Å². The highest BCUT2D eigenvalue weighted by Gasteiger charge is 2.41. The largest absolute Gasteiger partial charge is 0.508 e. The first-order valence-corrected chi connectivity index (χ1v) is 7.44. The summed E-state index contributed by atoms with van der Waals surface area (Å²) in [6.45, 7) is 3.31. The van der Waals surface area contributed by atoms with Gasteiger partial charge in [-0.1, -0.05) is 6.07 Å². The van der Waals surface area contributed by atoms with Gasteiger partial charge in [-0.3, -0.25) is 14.4 Å². The minimum absolute atomic E-state index is 0.0318. The van der Waals surface area contributed by atoms with Gasteiger partial charge in [-0.15, -0.1) is 0 Å². The van der Waals surface area contributed by atoms with Gasteiger partial charge in [0.15, 0.2) is 5.72 Å². The van der Waals surface area contributed by atoms with Crippen molar-refractivity contribution < 1.29 is 24.2 Å². The van der Waals surface area contributed by atoms with E-state index in [1.54, 1.807) is 26.0 Å². The van der Waals surface area contributed by atoms with E-state index in [-0.39, 0.29) is 37.0 Å². The molecule has 1 atom stereocenters. The molecule has 7 heteroatoms. The Kier molecular flexibility index (Phi) is 3.50. The summed E-state index contributed by atoms with van der Waals surface area (Å²) in [5.41, 5.74) is -0.221. The first-order valence-electron chi connectivity index (χ1n) is 7.44. The zero-order valence-corrected chi connectivity index (χ0v) is 13.0. The number of ether oxygens (including phenoxy) is 1. The summed E-state index contributed by atoms with van der Waals surface area (Å²) >= 11 is 0. The lowest BCUT2D eigenvalue weighted by Gasteiger charge is -2.34. The second kappa shape index (κ2) is 5.26. The van der Waals surface area contributed by atoms with Crippen LogP contribution in [0.5, 0.6) is 5.75 Å². The summed E-state index contributed by atoms with van der Waals surface area (Å²) in [5.74, 6) is -1.08. The topological polar surface area (TPSA) is 95.9 Å². The molecule has 0 saturated carbocycles. The highest BCUT2D eigenvalue weighted by Crippen LogP contribution is 2.32. The van der Waals surface area contributed by atoms with Crippen molar-refractivity contribution in [3.05, 3.63) is 29.3 Å². The van der Waals surface area contributed by atoms with Gasteiger partial charge in [0.2, 0.25) is 5.91 Å². The lowest BCUT2D eigenvalue weighted by Crippen LogP contribution is -2.56. The maximum absolute atomic E-state index is 12.6. The highest BCUT2D eigenvalue weighted by atomic mass is 16.6. The molecule has 2 aliphatic rings. The molecule has 2 amide bonds. The molecule has 1 aromatic carbocycles. The van der Waals surface area contributed by atoms with Gasteiger partial charge in [-0.2, -0.15) is 0 Å². The number of benzene rings is 1. The van der Waals surface area contributed by atoms with E-state index >= 15 is 0 Å². The summed E-state index contributed by atoms with van der Waals surface area (Å²) in [4.78, 5) is 38.2. The third-order valence-electron chi connectivity index (χ3n) is 4.07. The molecule has 0 spiro atoms. The molecule has 1 fully saturated rings. The average molecular weight is 318 g/mol. The number of carbonyl (C=O) groups excluding carboxylic acids is 3. The van der Waals surface area contributed by atoms with Gasteiger partial charge in [0.25, 0.3) is 5.91 Å². The van der Waals surface area contributed by atoms with Crippen molar-refractivity contribution >= 4 is 17.8 Å². The fraction of sp³-hybridized carbons (Fsp3) is 0.438. The first kappa shape index (κ1) is 15.3. The van der Waals surface area contributed by atoms with Crippen molar-refractivity contribution in [1.82, 2.24) is 10.2 Å². The second-order valence-electron chi connectivity index (χ2n) is 6.26. The molecule has 0 radical (unpaired) electrons. The Hall–Kier alpha value is -2.57. The monoisotopic (exact) mass is 318 g/mol. The van der Waals surface area contributed by atoms with Crippen molar-refractivity contribution in [3.8, 4) is 5.75 Å². The zero-order chi connectivity index (χ0) is 16.8. The number of esters is 1. The molecule has 7 nitrogen and oxygen atoms in total. The second-order valence-corrected chi connectivity index (χ2v) is 6.26. The van der Waals surface area contributed by atoms with E-state index in [0.29, 0.717) is 11.1 Å². The number of rotatable bonds is 1. The van der Waals surface area contributed by atoms with Crippen molar-refractivity contribution in [3.63, 3.8) is 0 Å². The first-order chi connectivity index (χ1) is 10.8. The van der Waals surface area contributed by atoms with Gasteiger partial charge in [0.05, 0.1) is 6.54 Å². The molecule has 1 saturated heterocycles. The van der Waals surface area contributed by atoms with Crippen LogP contribution in [-0.2, 0) is 20.9 Å². The third kappa shape index (κ3) is 2.74. The summed E-state index contributed by atoms with van der Waals surface area (Å²) < 4.78 is 5.15. The number of nitrogens with zero attached hydrogens (tertiary/aromatic N) is 1. The number of nitrogens with one attached hydrogen (secondary N) is 1. The SMILES string of the molecule is CC1(C)NC(=O)C(N2Cc3c(O)cccc3C2=O)CCC(=O)O1. The van der Waals surface area contributed by atoms with Crippen LogP contribution in [0.3, 0.4) is 0 Å². The number of amides is 2. The van der Waals surface area contributed by atoms with Crippen LogP contribution in [0.1, 0.15) is 42.6 Å². The van der Waals surface area contributed by atoms with E-state index in [1.165, 1.54) is 11.0 Å². The highest BCUT2D eigenvalue weighted by molar-refractivity contribution is 6.02. The van der Waals surface area contributed by atoms with Crippen molar-refractivity contribution in [1.29, 1.82) is 0 Å². The summed E-state index contributed by atoms with van der Waals surface area (Å²) in [6.07, 6.45) is 0.231. The molecule has 122 valence electrons. The van der Waals surface area contributed by atoms with Crippen LogP contribution >= 0.6 is 0 Å². The quantitative estimate of drug-likeness (QED) is 0.750. The van der Waals surface area contributed by atoms with Gasteiger partial charge in [0.1, 0.15) is 11.8 Å². The Balaban J connectivity index is 1.89. The number of phenolic OH excluding ortho intramolecular Hbond substituents is 1. The summed E-state index contributed by atoms with van der Waals surface area (Å²) in [5, 5.41) is 12.5. The van der Waals surface area contributed by atoms with Crippen LogP contribution in [-0.4, -0.2) is 39.6 Å². The Morgan fingerprint density at radius 2 is 2.04 bits per heavy atom. The molecular formula is C16H18N2O5. The molecular weight excluding hydrogens is 300 g/mol. The molecule has 0 aromatic heterocycles. The Bertz CT molecular complexity index is 698. The molecule has 0 bridgehead atoms. The molecule has 2 aliphatic heterocycles. The fourth-order valence-corrected chi connectivity index (χ4v) is 3.01. The van der Waals surface area contributed by atoms with Crippen molar-refractivity contribution in [2.45, 2.75) is 45.0 Å².